The first kappa shape index (κ1) is 16.1. The molecular weight excluding hydrogens is 302 g/mol. The molecule has 0 bridgehead atoms. The van der Waals surface area contributed by atoms with E-state index in [0.717, 1.165) is 10.5 Å². The van der Waals surface area contributed by atoms with Crippen molar-refractivity contribution < 1.29 is 4.21 Å². The van der Waals surface area contributed by atoms with Gasteiger partial charge in [0.25, 0.3) is 0 Å². The summed E-state index contributed by atoms with van der Waals surface area (Å²) < 4.78 is 12.4. The van der Waals surface area contributed by atoms with Gasteiger partial charge in [-0.25, -0.2) is 0 Å². The van der Waals surface area contributed by atoms with Crippen LogP contribution in [0.1, 0.15) is 31.9 Å². The SMILES string of the molecule is CC(C)(C)c1ccc(S(=O)Cc2ccc(N)cc2Cl)cc1. The number of nitrogens with two attached hydrogens (primary N) is 1. The number of anilines is 1. The minimum Gasteiger partial charge on any atom is -0.399 e. The Balaban J connectivity index is 2.17. The molecule has 0 aromatic heterocycles. The smallest absolute Gasteiger partial charge is 0.0574 e. The molecule has 0 aliphatic rings. The highest BCUT2D eigenvalue weighted by molar-refractivity contribution is 7.84. The third-order valence-corrected chi connectivity index (χ3v) is 5.07. The zero-order valence-electron chi connectivity index (χ0n) is 12.5. The molecule has 0 spiro atoms. The van der Waals surface area contributed by atoms with Crippen LogP contribution in [-0.4, -0.2) is 4.21 Å². The molecule has 0 heterocycles. The fourth-order valence-electron chi connectivity index (χ4n) is 2.01. The number of hydrogen-bond donors (Lipinski definition) is 1. The van der Waals surface area contributed by atoms with Crippen molar-refractivity contribution in [2.45, 2.75) is 36.8 Å². The lowest BCUT2D eigenvalue weighted by molar-refractivity contribution is 0.589. The third kappa shape index (κ3) is 4.08. The average Bonchev–Trinajstić information content (AvgIpc) is 2.41. The van der Waals surface area contributed by atoms with Crippen molar-refractivity contribution in [1.29, 1.82) is 0 Å². The van der Waals surface area contributed by atoms with Crippen LogP contribution < -0.4 is 5.73 Å². The number of benzene rings is 2. The van der Waals surface area contributed by atoms with E-state index in [-0.39, 0.29) is 5.41 Å². The molecule has 21 heavy (non-hydrogen) atoms. The lowest BCUT2D eigenvalue weighted by Gasteiger charge is -2.19. The average molecular weight is 322 g/mol. The lowest BCUT2D eigenvalue weighted by Crippen LogP contribution is -2.10. The van der Waals surface area contributed by atoms with Crippen molar-refractivity contribution in [2.75, 3.05) is 5.73 Å². The summed E-state index contributed by atoms with van der Waals surface area (Å²) in [5.41, 5.74) is 8.46. The highest BCUT2D eigenvalue weighted by Crippen LogP contribution is 2.25. The standard InChI is InChI=1S/C17H20ClNOS/c1-17(2,3)13-5-8-15(9-6-13)21(20)11-12-4-7-14(19)10-16(12)18/h4-10H,11,19H2,1-3H3. The number of halogens is 1. The lowest BCUT2D eigenvalue weighted by atomic mass is 9.87. The van der Waals surface area contributed by atoms with E-state index in [1.165, 1.54) is 5.56 Å². The van der Waals surface area contributed by atoms with Crippen LogP contribution in [0.5, 0.6) is 0 Å². The van der Waals surface area contributed by atoms with E-state index in [9.17, 15) is 4.21 Å². The predicted octanol–water partition coefficient (Wildman–Crippen LogP) is 4.53. The Morgan fingerprint density at radius 2 is 1.71 bits per heavy atom. The van der Waals surface area contributed by atoms with E-state index < -0.39 is 10.8 Å². The fourth-order valence-corrected chi connectivity index (χ4v) is 3.49. The Bertz CT molecular complexity index is 659. The summed E-state index contributed by atoms with van der Waals surface area (Å²) in [6, 6.07) is 13.2. The molecule has 0 amide bonds. The van der Waals surface area contributed by atoms with Crippen LogP contribution >= 0.6 is 11.6 Å². The van der Waals surface area contributed by atoms with Gasteiger partial charge in [-0.3, -0.25) is 4.21 Å². The predicted molar refractivity (Wildman–Crippen MR) is 91.1 cm³/mol. The Morgan fingerprint density at radius 3 is 2.24 bits per heavy atom. The zero-order chi connectivity index (χ0) is 15.6. The van der Waals surface area contributed by atoms with Crippen molar-refractivity contribution in [3.63, 3.8) is 0 Å². The summed E-state index contributed by atoms with van der Waals surface area (Å²) in [6.45, 7) is 6.48. The van der Waals surface area contributed by atoms with Crippen LogP contribution in [0.25, 0.3) is 0 Å². The molecule has 0 aliphatic heterocycles. The maximum Gasteiger partial charge on any atom is 0.0574 e. The summed E-state index contributed by atoms with van der Waals surface area (Å²) in [4.78, 5) is 0.816. The molecule has 2 rings (SSSR count). The maximum absolute atomic E-state index is 12.4. The topological polar surface area (TPSA) is 43.1 Å². The molecule has 0 fully saturated rings. The molecule has 2 N–H and O–H groups in total. The van der Waals surface area contributed by atoms with Gasteiger partial charge < -0.3 is 5.73 Å². The summed E-state index contributed by atoms with van der Waals surface area (Å²) in [5, 5.41) is 0.565. The maximum atomic E-state index is 12.4. The van der Waals surface area contributed by atoms with Gasteiger partial charge in [0.15, 0.2) is 0 Å². The summed E-state index contributed by atoms with van der Waals surface area (Å²) >= 11 is 6.13. The van der Waals surface area contributed by atoms with E-state index in [1.807, 2.05) is 30.3 Å². The first-order chi connectivity index (χ1) is 9.77. The van der Waals surface area contributed by atoms with Gasteiger partial charge in [-0.05, 0) is 40.8 Å². The molecule has 1 atom stereocenters. The minimum atomic E-state index is -1.11. The van der Waals surface area contributed by atoms with E-state index in [4.69, 9.17) is 17.3 Å². The Kier molecular flexibility index (Phi) is 4.74. The Hall–Kier alpha value is -1.32. The van der Waals surface area contributed by atoms with E-state index in [2.05, 4.69) is 20.8 Å². The fraction of sp³-hybridized carbons (Fsp3) is 0.294. The van der Waals surface area contributed by atoms with Gasteiger partial charge in [0.05, 0.1) is 16.6 Å². The molecule has 112 valence electrons. The monoisotopic (exact) mass is 321 g/mol. The van der Waals surface area contributed by atoms with Crippen molar-refractivity contribution in [2.24, 2.45) is 0 Å². The second-order valence-electron chi connectivity index (χ2n) is 6.12. The van der Waals surface area contributed by atoms with E-state index in [0.29, 0.717) is 16.5 Å². The van der Waals surface area contributed by atoms with Crippen LogP contribution in [0, 0.1) is 0 Å². The first-order valence-corrected chi connectivity index (χ1v) is 8.50. The van der Waals surface area contributed by atoms with Crippen molar-refractivity contribution in [1.82, 2.24) is 0 Å². The molecule has 0 saturated heterocycles. The molecule has 0 saturated carbocycles. The molecule has 1 unspecified atom stereocenters. The second-order valence-corrected chi connectivity index (χ2v) is 7.97. The zero-order valence-corrected chi connectivity index (χ0v) is 14.1. The van der Waals surface area contributed by atoms with Crippen molar-refractivity contribution in [3.8, 4) is 0 Å². The highest BCUT2D eigenvalue weighted by atomic mass is 35.5. The van der Waals surface area contributed by atoms with Crippen LogP contribution in [0.2, 0.25) is 5.02 Å². The van der Waals surface area contributed by atoms with Crippen LogP contribution in [-0.2, 0) is 22.0 Å². The summed E-state index contributed by atoms with van der Waals surface area (Å²) in [5.74, 6) is 0.397. The van der Waals surface area contributed by atoms with Crippen LogP contribution in [0.3, 0.4) is 0 Å². The highest BCUT2D eigenvalue weighted by Gasteiger charge is 2.14. The van der Waals surface area contributed by atoms with Crippen molar-refractivity contribution >= 4 is 28.1 Å². The van der Waals surface area contributed by atoms with Gasteiger partial charge in [0.1, 0.15) is 0 Å². The molecule has 2 nitrogen and oxygen atoms in total. The molecule has 0 radical (unpaired) electrons. The summed E-state index contributed by atoms with van der Waals surface area (Å²) in [7, 11) is -1.11. The van der Waals surface area contributed by atoms with E-state index >= 15 is 0 Å². The van der Waals surface area contributed by atoms with Gasteiger partial charge in [-0.2, -0.15) is 0 Å². The van der Waals surface area contributed by atoms with Gasteiger partial charge in [0.2, 0.25) is 0 Å². The summed E-state index contributed by atoms with van der Waals surface area (Å²) in [6.07, 6.45) is 0. The largest absolute Gasteiger partial charge is 0.399 e. The van der Waals surface area contributed by atoms with Gasteiger partial charge in [0, 0.05) is 15.6 Å². The molecule has 2 aromatic rings. The Labute approximate surface area is 133 Å². The number of hydrogen-bond acceptors (Lipinski definition) is 2. The molecule has 0 aliphatic carbocycles. The normalized spacial score (nSPS) is 13.1. The van der Waals surface area contributed by atoms with Crippen LogP contribution in [0.4, 0.5) is 5.69 Å². The molecule has 2 aromatic carbocycles. The minimum absolute atomic E-state index is 0.0975. The Morgan fingerprint density at radius 1 is 1.10 bits per heavy atom. The third-order valence-electron chi connectivity index (χ3n) is 3.35. The first-order valence-electron chi connectivity index (χ1n) is 6.80. The van der Waals surface area contributed by atoms with Gasteiger partial charge in [-0.1, -0.05) is 50.6 Å². The molecular formula is C17H20ClNOS. The number of rotatable bonds is 3. The quantitative estimate of drug-likeness (QED) is 0.844. The molecule has 4 heteroatoms. The van der Waals surface area contributed by atoms with Gasteiger partial charge >= 0.3 is 0 Å². The van der Waals surface area contributed by atoms with Crippen molar-refractivity contribution in [3.05, 3.63) is 58.6 Å². The number of nitrogen functional groups attached to an aromatic ring is 1. The van der Waals surface area contributed by atoms with Crippen LogP contribution in [0.15, 0.2) is 47.4 Å². The van der Waals surface area contributed by atoms with Gasteiger partial charge in [-0.15, -0.1) is 0 Å². The second kappa shape index (κ2) is 6.20. The van der Waals surface area contributed by atoms with E-state index in [1.54, 1.807) is 12.1 Å².